The van der Waals surface area contributed by atoms with Crippen molar-refractivity contribution in [3.63, 3.8) is 0 Å². The van der Waals surface area contributed by atoms with E-state index in [0.717, 1.165) is 13.0 Å². The van der Waals surface area contributed by atoms with Crippen LogP contribution in [0.1, 0.15) is 11.1 Å². The van der Waals surface area contributed by atoms with Gasteiger partial charge in [-0.2, -0.15) is 0 Å². The first-order valence-corrected chi connectivity index (χ1v) is 13.2. The van der Waals surface area contributed by atoms with E-state index in [1.807, 2.05) is 6.07 Å². The summed E-state index contributed by atoms with van der Waals surface area (Å²) in [6.07, 6.45) is 3.46. The first-order chi connectivity index (χ1) is 16.9. The number of hydrogen-bond donors (Lipinski definition) is 0. The largest absolute Gasteiger partial charge is 0.372 e. The summed E-state index contributed by atoms with van der Waals surface area (Å²) in [6, 6.07) is 43.6. The van der Waals surface area contributed by atoms with Gasteiger partial charge in [0.05, 0.1) is 13.2 Å². The molecule has 5 rings (SSSR count). The molecule has 0 aliphatic carbocycles. The van der Waals surface area contributed by atoms with Crippen molar-refractivity contribution >= 4 is 18.7 Å². The molecule has 0 aromatic heterocycles. The molecule has 170 valence electrons. The molecule has 0 N–H and O–H groups in total. The Kier molecular flexibility index (Phi) is 7.63. The average molecular weight is 464 g/mol. The van der Waals surface area contributed by atoms with Crippen molar-refractivity contribution in [1.29, 1.82) is 0 Å². The summed E-state index contributed by atoms with van der Waals surface area (Å²) in [5, 5.41) is 2.78. The quantitative estimate of drug-likeness (QED) is 0.220. The number of ether oxygens (including phenoxy) is 1. The minimum atomic E-state index is -0.647. The second kappa shape index (κ2) is 11.4. The number of benzene rings is 4. The summed E-state index contributed by atoms with van der Waals surface area (Å²) in [6.45, 7) is 2.25. The van der Waals surface area contributed by atoms with Gasteiger partial charge in [0.2, 0.25) is 0 Å². The van der Waals surface area contributed by atoms with Crippen molar-refractivity contribution in [1.82, 2.24) is 4.67 Å². The standard InChI is InChI=1S/C31H30NOP/c1-5-13-26(14-6-1)21-29-22-28(25-33-24-27-15-7-2-8-16-27)23-32(29)34(30-17-9-3-10-18-30)31-19-11-4-12-20-31/h1-20,22,29H,21,23-25H2/t29-/m0/s1. The Hall–Kier alpha value is -3.03. The zero-order valence-electron chi connectivity index (χ0n) is 19.3. The van der Waals surface area contributed by atoms with Crippen LogP contribution in [-0.4, -0.2) is 23.9 Å². The van der Waals surface area contributed by atoms with Gasteiger partial charge in [0.15, 0.2) is 0 Å². The molecule has 0 radical (unpaired) electrons. The summed E-state index contributed by atoms with van der Waals surface area (Å²) < 4.78 is 8.86. The molecule has 3 heteroatoms. The number of rotatable bonds is 9. The van der Waals surface area contributed by atoms with Crippen LogP contribution in [0.4, 0.5) is 0 Å². The minimum absolute atomic E-state index is 0.337. The van der Waals surface area contributed by atoms with Gasteiger partial charge in [-0.1, -0.05) is 127 Å². The molecule has 0 unspecified atom stereocenters. The topological polar surface area (TPSA) is 12.5 Å². The second-order valence-corrected chi connectivity index (χ2v) is 10.8. The SMILES string of the molecule is C1=C(COCc2ccccc2)CN(P(c2ccccc2)c2ccccc2)[C@H]1Cc1ccccc1. The van der Waals surface area contributed by atoms with E-state index >= 15 is 0 Å². The van der Waals surface area contributed by atoms with Crippen LogP contribution in [-0.2, 0) is 17.8 Å². The molecule has 2 nitrogen and oxygen atoms in total. The van der Waals surface area contributed by atoms with Gasteiger partial charge in [-0.25, -0.2) is 0 Å². The highest BCUT2D eigenvalue weighted by molar-refractivity contribution is 7.70. The van der Waals surface area contributed by atoms with Gasteiger partial charge in [-0.15, -0.1) is 0 Å². The third-order valence-electron chi connectivity index (χ3n) is 6.12. The van der Waals surface area contributed by atoms with E-state index < -0.39 is 8.07 Å². The minimum Gasteiger partial charge on any atom is -0.372 e. The van der Waals surface area contributed by atoms with Crippen LogP contribution in [0.25, 0.3) is 0 Å². The maximum atomic E-state index is 6.15. The molecular weight excluding hydrogens is 433 g/mol. The van der Waals surface area contributed by atoms with Gasteiger partial charge in [0, 0.05) is 20.7 Å². The molecule has 0 saturated heterocycles. The van der Waals surface area contributed by atoms with Crippen molar-refractivity contribution in [2.24, 2.45) is 0 Å². The molecule has 0 fully saturated rings. The smallest absolute Gasteiger partial charge is 0.0721 e. The molecule has 1 atom stereocenters. The molecule has 4 aromatic rings. The highest BCUT2D eigenvalue weighted by Gasteiger charge is 2.33. The first kappa shape index (κ1) is 22.7. The fourth-order valence-electron chi connectivity index (χ4n) is 4.53. The number of hydrogen-bond acceptors (Lipinski definition) is 2. The van der Waals surface area contributed by atoms with Crippen molar-refractivity contribution < 1.29 is 4.74 Å². The normalized spacial score (nSPS) is 16.0. The number of nitrogens with zero attached hydrogens (tertiary/aromatic N) is 1. The molecule has 0 spiro atoms. The summed E-state index contributed by atoms with van der Waals surface area (Å²) in [7, 11) is -0.647. The highest BCUT2D eigenvalue weighted by Crippen LogP contribution is 2.44. The Morgan fingerprint density at radius 1 is 0.618 bits per heavy atom. The summed E-state index contributed by atoms with van der Waals surface area (Å²) >= 11 is 0. The van der Waals surface area contributed by atoms with Gasteiger partial charge in [-0.3, -0.25) is 4.67 Å². The lowest BCUT2D eigenvalue weighted by atomic mass is 10.1. The molecule has 4 aromatic carbocycles. The lowest BCUT2D eigenvalue weighted by Crippen LogP contribution is -2.34. The zero-order valence-corrected chi connectivity index (χ0v) is 20.2. The molecule has 0 saturated carbocycles. The van der Waals surface area contributed by atoms with E-state index in [-0.39, 0.29) is 0 Å². The molecule has 34 heavy (non-hydrogen) atoms. The molecule has 1 heterocycles. The van der Waals surface area contributed by atoms with Crippen LogP contribution < -0.4 is 10.6 Å². The maximum absolute atomic E-state index is 6.15. The van der Waals surface area contributed by atoms with Crippen molar-refractivity contribution in [2.45, 2.75) is 19.1 Å². The molecule has 1 aliphatic heterocycles. The van der Waals surface area contributed by atoms with E-state index in [4.69, 9.17) is 4.74 Å². The second-order valence-electron chi connectivity index (χ2n) is 8.64. The first-order valence-electron chi connectivity index (χ1n) is 11.9. The Morgan fingerprint density at radius 3 is 1.68 bits per heavy atom. The van der Waals surface area contributed by atoms with E-state index in [9.17, 15) is 0 Å². The monoisotopic (exact) mass is 463 g/mol. The predicted molar refractivity (Wildman–Crippen MR) is 144 cm³/mol. The van der Waals surface area contributed by atoms with Crippen LogP contribution in [0, 0.1) is 0 Å². The zero-order chi connectivity index (χ0) is 23.0. The highest BCUT2D eigenvalue weighted by atomic mass is 31.1. The van der Waals surface area contributed by atoms with Gasteiger partial charge in [0.25, 0.3) is 0 Å². The Balaban J connectivity index is 1.41. The van der Waals surface area contributed by atoms with Gasteiger partial charge in [-0.05, 0) is 33.7 Å². The summed E-state index contributed by atoms with van der Waals surface area (Å²) in [5.41, 5.74) is 3.96. The summed E-state index contributed by atoms with van der Waals surface area (Å²) in [4.78, 5) is 0. The fourth-order valence-corrected chi connectivity index (χ4v) is 7.10. The molecule has 1 aliphatic rings. The van der Waals surface area contributed by atoms with Crippen molar-refractivity contribution in [2.75, 3.05) is 13.2 Å². The van der Waals surface area contributed by atoms with Gasteiger partial charge < -0.3 is 4.74 Å². The predicted octanol–water partition coefficient (Wildman–Crippen LogP) is 6.10. The Bertz CT molecular complexity index is 1140. The lowest BCUT2D eigenvalue weighted by Gasteiger charge is -2.34. The van der Waals surface area contributed by atoms with Crippen molar-refractivity contribution in [3.8, 4) is 0 Å². The van der Waals surface area contributed by atoms with E-state index in [2.05, 4.69) is 126 Å². The average Bonchev–Trinajstić information content (AvgIpc) is 3.28. The maximum Gasteiger partial charge on any atom is 0.0721 e. The van der Waals surface area contributed by atoms with E-state index in [1.54, 1.807) is 0 Å². The third kappa shape index (κ3) is 5.72. The van der Waals surface area contributed by atoms with E-state index in [0.29, 0.717) is 19.3 Å². The molecule has 0 bridgehead atoms. The van der Waals surface area contributed by atoms with Crippen LogP contribution >= 0.6 is 8.07 Å². The third-order valence-corrected chi connectivity index (χ3v) is 8.65. The molecular formula is C31H30NOP. The Labute approximate surface area is 204 Å². The van der Waals surface area contributed by atoms with Crippen LogP contribution in [0.3, 0.4) is 0 Å². The van der Waals surface area contributed by atoms with Gasteiger partial charge >= 0.3 is 0 Å². The van der Waals surface area contributed by atoms with Crippen LogP contribution in [0.2, 0.25) is 0 Å². The van der Waals surface area contributed by atoms with Crippen LogP contribution in [0.5, 0.6) is 0 Å². The van der Waals surface area contributed by atoms with Crippen LogP contribution in [0.15, 0.2) is 133 Å². The van der Waals surface area contributed by atoms with E-state index in [1.165, 1.54) is 27.3 Å². The van der Waals surface area contributed by atoms with Crippen molar-refractivity contribution in [3.05, 3.63) is 144 Å². The van der Waals surface area contributed by atoms with Gasteiger partial charge in [0.1, 0.15) is 0 Å². The lowest BCUT2D eigenvalue weighted by molar-refractivity contribution is 0.141. The Morgan fingerprint density at radius 2 is 1.12 bits per heavy atom. The summed E-state index contributed by atoms with van der Waals surface area (Å²) in [5.74, 6) is 0. The fraction of sp³-hybridized carbons (Fsp3) is 0.161. The molecule has 0 amide bonds.